The Morgan fingerprint density at radius 1 is 0.629 bits per heavy atom. The Labute approximate surface area is 427 Å². The summed E-state index contributed by atoms with van der Waals surface area (Å²) in [6.45, 7) is 22.5. The quantitative estimate of drug-likeness (QED) is 0.101. The molecule has 0 radical (unpaired) electrons. The summed E-state index contributed by atoms with van der Waals surface area (Å²) >= 11 is 0. The van der Waals surface area contributed by atoms with Gasteiger partial charge in [0, 0.05) is 28.5 Å². The summed E-state index contributed by atoms with van der Waals surface area (Å²) in [6, 6.07) is 41.1. The molecule has 0 fully saturated rings. The molecule has 5 nitrogen and oxygen atoms in total. The van der Waals surface area contributed by atoms with E-state index in [0.29, 0.717) is 39.7 Å². The van der Waals surface area contributed by atoms with E-state index < -0.39 is 36.3 Å². The maximum atomic E-state index is 9.24. The summed E-state index contributed by atoms with van der Waals surface area (Å²) in [4.78, 5) is 4.81. The third-order valence-electron chi connectivity index (χ3n) is 12.6. The Morgan fingerprint density at radius 3 is 2.04 bits per heavy atom. The van der Waals surface area contributed by atoms with E-state index in [1.807, 2.05) is 151 Å². The van der Waals surface area contributed by atoms with Gasteiger partial charge >= 0.3 is 0 Å². The lowest BCUT2D eigenvalue weighted by molar-refractivity contribution is -0.571. The fourth-order valence-corrected chi connectivity index (χ4v) is 9.28. The van der Waals surface area contributed by atoms with Crippen molar-refractivity contribution in [3.05, 3.63) is 198 Å². The van der Waals surface area contributed by atoms with Gasteiger partial charge in [-0.1, -0.05) is 179 Å². The predicted molar refractivity (Wildman–Crippen MR) is 292 cm³/mol. The van der Waals surface area contributed by atoms with E-state index in [-0.39, 0.29) is 34.4 Å². The Morgan fingerprint density at radius 2 is 1.33 bits per heavy atom. The molecule has 10 aromatic rings. The van der Waals surface area contributed by atoms with Crippen LogP contribution >= 0.6 is 0 Å². The van der Waals surface area contributed by atoms with Crippen molar-refractivity contribution in [2.45, 2.75) is 99.7 Å². The standard InChI is InChI=1S/C65H66N4O/c1-43(2)33-44-27-30-57-56(34-44)55-29-28-52(40-60(55)69(57)61-35-45(31-32-66-61)41-63(3,4)5)70-51-22-17-21-50(39-51)67-42-68(59-26-16-15-25-58(59)67)62-53(46-19-13-12-14-20-46)23-18-24-54(62)47-36-48(64(6,7)8)38-49(37-47)65(9,10)11/h12-32,34-40,43H,33,41H2,1-11H3/i12D,13D,14D,19D,20D,33D2,41D2. The molecule has 0 amide bonds. The summed E-state index contributed by atoms with van der Waals surface area (Å²) in [5.74, 6) is 1.29. The number of nitrogens with zero attached hydrogens (tertiary/aromatic N) is 4. The van der Waals surface area contributed by atoms with E-state index in [0.717, 1.165) is 60.8 Å². The van der Waals surface area contributed by atoms with E-state index in [9.17, 15) is 2.74 Å². The normalized spacial score (nSPS) is 14.7. The van der Waals surface area contributed by atoms with Crippen LogP contribution in [-0.4, -0.2) is 14.1 Å². The van der Waals surface area contributed by atoms with Crippen molar-refractivity contribution in [1.82, 2.24) is 14.1 Å². The second-order valence-electron chi connectivity index (χ2n) is 21.7. The van der Waals surface area contributed by atoms with Gasteiger partial charge in [-0.25, -0.2) is 4.98 Å². The van der Waals surface area contributed by atoms with Crippen molar-refractivity contribution in [2.24, 2.45) is 11.3 Å². The van der Waals surface area contributed by atoms with Crippen LogP contribution in [0, 0.1) is 17.7 Å². The van der Waals surface area contributed by atoms with E-state index in [1.165, 1.54) is 0 Å². The fourth-order valence-electron chi connectivity index (χ4n) is 9.28. The number of aromatic nitrogens is 4. The van der Waals surface area contributed by atoms with Gasteiger partial charge in [-0.2, -0.15) is 0 Å². The highest BCUT2D eigenvalue weighted by molar-refractivity contribution is 6.09. The third kappa shape index (κ3) is 9.30. The Balaban J connectivity index is 1.15. The number of ether oxygens (including phenoxy) is 1. The van der Waals surface area contributed by atoms with Crippen molar-refractivity contribution >= 4 is 32.8 Å². The molecule has 5 heteroatoms. The first-order valence-electron chi connectivity index (χ1n) is 28.6. The molecular weight excluding hydrogens is 853 g/mol. The van der Waals surface area contributed by atoms with Gasteiger partial charge < -0.3 is 4.74 Å². The van der Waals surface area contributed by atoms with Crippen molar-refractivity contribution in [3.8, 4) is 50.9 Å². The summed E-state index contributed by atoms with van der Waals surface area (Å²) in [5.41, 5.74) is 8.83. The molecule has 7 aromatic carbocycles. The lowest BCUT2D eigenvalue weighted by Gasteiger charge is -2.27. The highest BCUT2D eigenvalue weighted by Gasteiger charge is 2.25. The molecule has 0 aliphatic carbocycles. The molecule has 10 rings (SSSR count). The topological polar surface area (TPSA) is 35.9 Å². The summed E-state index contributed by atoms with van der Waals surface area (Å²) in [7, 11) is 0. The molecule has 0 N–H and O–H groups in total. The van der Waals surface area contributed by atoms with Gasteiger partial charge in [0.15, 0.2) is 0 Å². The molecule has 0 spiro atoms. The second-order valence-corrected chi connectivity index (χ2v) is 21.7. The number of hydrogen-bond donors (Lipinski definition) is 0. The maximum absolute atomic E-state index is 9.24. The van der Waals surface area contributed by atoms with Crippen molar-refractivity contribution in [1.29, 1.82) is 0 Å². The second kappa shape index (κ2) is 17.9. The van der Waals surface area contributed by atoms with Crippen LogP contribution in [-0.2, 0) is 23.6 Å². The van der Waals surface area contributed by atoms with Gasteiger partial charge in [0.1, 0.15) is 17.3 Å². The first-order chi connectivity index (χ1) is 37.0. The zero-order valence-corrected chi connectivity index (χ0v) is 42.1. The molecule has 0 saturated carbocycles. The van der Waals surface area contributed by atoms with Crippen LogP contribution in [0.3, 0.4) is 0 Å². The van der Waals surface area contributed by atoms with Crippen LogP contribution in [0.1, 0.15) is 111 Å². The minimum absolute atomic E-state index is 0.0844. The largest absolute Gasteiger partial charge is 0.458 e. The number of pyridine rings is 1. The molecule has 3 heterocycles. The van der Waals surface area contributed by atoms with Gasteiger partial charge in [0.2, 0.25) is 0 Å². The molecule has 0 atom stereocenters. The molecule has 3 aromatic heterocycles. The molecule has 0 unspecified atom stereocenters. The van der Waals surface area contributed by atoms with Crippen molar-refractivity contribution in [2.75, 3.05) is 0 Å². The molecule has 0 aliphatic heterocycles. The number of imidazole rings is 1. The highest BCUT2D eigenvalue weighted by Crippen LogP contribution is 2.40. The SMILES string of the molecule is [2H]c1c([2H])c([2H])c(-c2cccc(-c3cc(C(C)(C)C)cc(C(C)(C)C)c3)c2-[n+]2[c-]n(-c3cccc(Oc4ccc5c6cc(C([2H])([2H])C(C)C)ccc6n(-c6cc(C([2H])([2H])C(C)(C)C)ccn6)c5c4)c3)c3ccccc32)c([2H])c1[2H]. The summed E-state index contributed by atoms with van der Waals surface area (Å²) < 4.78 is 93.4. The van der Waals surface area contributed by atoms with Gasteiger partial charge in [-0.05, 0) is 134 Å². The molecule has 70 heavy (non-hydrogen) atoms. The molecular formula is C65H66N4O. The minimum atomic E-state index is -1.69. The average Bonchev–Trinajstić information content (AvgIpc) is 4.21. The smallest absolute Gasteiger partial charge is 0.269 e. The zero-order valence-electron chi connectivity index (χ0n) is 51.1. The van der Waals surface area contributed by atoms with Crippen LogP contribution in [0.25, 0.3) is 72.3 Å². The minimum Gasteiger partial charge on any atom is -0.458 e. The highest BCUT2D eigenvalue weighted by atomic mass is 16.5. The number of para-hydroxylation sites is 3. The zero-order chi connectivity index (χ0) is 57.1. The Bertz CT molecular complexity index is 4000. The van der Waals surface area contributed by atoms with E-state index >= 15 is 0 Å². The summed E-state index contributed by atoms with van der Waals surface area (Å²) in [5, 5.41) is 1.68. The van der Waals surface area contributed by atoms with Crippen LogP contribution < -0.4 is 9.30 Å². The first-order valence-corrected chi connectivity index (χ1v) is 24.1. The van der Waals surface area contributed by atoms with Crippen LogP contribution in [0.4, 0.5) is 0 Å². The number of fused-ring (bicyclic) bond motifs is 4. The number of rotatable bonds is 10. The van der Waals surface area contributed by atoms with E-state index in [4.69, 9.17) is 19.3 Å². The van der Waals surface area contributed by atoms with E-state index in [2.05, 4.69) is 66.1 Å². The predicted octanol–water partition coefficient (Wildman–Crippen LogP) is 16.7. The average molecular weight is 928 g/mol. The van der Waals surface area contributed by atoms with Gasteiger partial charge in [0.05, 0.1) is 40.3 Å². The van der Waals surface area contributed by atoms with Crippen LogP contribution in [0.2, 0.25) is 0 Å². The van der Waals surface area contributed by atoms with Crippen LogP contribution in [0.5, 0.6) is 11.5 Å². The lowest BCUT2D eigenvalue weighted by atomic mass is 9.78. The Hall–Kier alpha value is -7.24. The van der Waals surface area contributed by atoms with Gasteiger partial charge in [-0.15, -0.1) is 0 Å². The molecule has 352 valence electrons. The third-order valence-corrected chi connectivity index (χ3v) is 12.6. The Kier molecular flexibility index (Phi) is 9.40. The van der Waals surface area contributed by atoms with E-state index in [1.54, 1.807) is 18.3 Å². The number of hydrogen-bond acceptors (Lipinski definition) is 2. The van der Waals surface area contributed by atoms with Crippen molar-refractivity contribution in [3.63, 3.8) is 0 Å². The molecule has 0 aliphatic rings. The van der Waals surface area contributed by atoms with Gasteiger partial charge in [-0.3, -0.25) is 13.7 Å². The van der Waals surface area contributed by atoms with Crippen molar-refractivity contribution < 1.29 is 21.6 Å². The van der Waals surface area contributed by atoms with Crippen LogP contribution in [0.15, 0.2) is 170 Å². The molecule has 0 saturated heterocycles. The van der Waals surface area contributed by atoms with Gasteiger partial charge in [0.25, 0.3) is 6.33 Å². The fraction of sp³-hybridized carbons (Fsp3) is 0.262. The first kappa shape index (κ1) is 36.7. The number of benzene rings is 7. The molecule has 0 bridgehead atoms. The monoisotopic (exact) mass is 928 g/mol. The summed E-state index contributed by atoms with van der Waals surface area (Å²) in [6.07, 6.45) is 2.03. The lowest BCUT2D eigenvalue weighted by Crippen LogP contribution is -2.31. The maximum Gasteiger partial charge on any atom is 0.269 e.